The van der Waals surface area contributed by atoms with Gasteiger partial charge in [0.25, 0.3) is 0 Å². The number of nitrogen functional groups attached to an aromatic ring is 1. The third kappa shape index (κ3) is 2.80. The van der Waals surface area contributed by atoms with E-state index in [9.17, 15) is 4.79 Å². The van der Waals surface area contributed by atoms with Crippen molar-refractivity contribution in [1.29, 1.82) is 0 Å². The lowest BCUT2D eigenvalue weighted by molar-refractivity contribution is -0.130. The lowest BCUT2D eigenvalue weighted by Gasteiger charge is -2.17. The highest BCUT2D eigenvalue weighted by molar-refractivity contribution is 5.89. The molecule has 0 spiro atoms. The van der Waals surface area contributed by atoms with Crippen molar-refractivity contribution in [3.05, 3.63) is 24.0 Å². The number of anilines is 1. The number of carbonyl (C=O) groups excluding carboxylic acids is 1. The Balaban J connectivity index is 1.97. The number of benzene rings is 1. The van der Waals surface area contributed by atoms with Crippen LogP contribution in [0.15, 0.2) is 18.2 Å². The molecule has 1 aromatic carbocycles. The van der Waals surface area contributed by atoms with Crippen LogP contribution in [0.4, 0.5) is 5.69 Å². The van der Waals surface area contributed by atoms with Crippen molar-refractivity contribution in [2.24, 2.45) is 5.92 Å². The Bertz CT molecular complexity index is 683. The Morgan fingerprint density at radius 3 is 2.73 bits per heavy atom. The van der Waals surface area contributed by atoms with Crippen LogP contribution in [0.1, 0.15) is 32.5 Å². The zero-order valence-electron chi connectivity index (χ0n) is 13.4. The number of nitrogens with two attached hydrogens (primary N) is 1. The highest BCUT2D eigenvalue weighted by Gasteiger charge is 2.21. The standard InChI is InChI=1S/C17H24N4O/c1-12(2)10-15-19-17-13(18)6-5-7-14(17)21(15)11-16(22)20-8-3-4-9-20/h5-7,12H,3-4,8-11,18H2,1-2H3. The van der Waals surface area contributed by atoms with Crippen LogP contribution in [0.5, 0.6) is 0 Å². The topological polar surface area (TPSA) is 64.1 Å². The van der Waals surface area contributed by atoms with Crippen LogP contribution in [-0.4, -0.2) is 33.4 Å². The van der Waals surface area contributed by atoms with E-state index in [1.165, 1.54) is 0 Å². The van der Waals surface area contributed by atoms with Crippen molar-refractivity contribution < 1.29 is 4.79 Å². The van der Waals surface area contributed by atoms with Crippen LogP contribution in [-0.2, 0) is 17.8 Å². The Kier molecular flexibility index (Phi) is 4.05. The maximum absolute atomic E-state index is 12.5. The second kappa shape index (κ2) is 5.99. The van der Waals surface area contributed by atoms with E-state index >= 15 is 0 Å². The van der Waals surface area contributed by atoms with Gasteiger partial charge in [-0.25, -0.2) is 4.98 Å². The van der Waals surface area contributed by atoms with Crippen LogP contribution in [0.25, 0.3) is 11.0 Å². The highest BCUT2D eigenvalue weighted by atomic mass is 16.2. The third-order valence-electron chi connectivity index (χ3n) is 4.23. The molecule has 0 radical (unpaired) electrons. The van der Waals surface area contributed by atoms with Gasteiger partial charge in [-0.15, -0.1) is 0 Å². The molecule has 0 unspecified atom stereocenters. The number of hydrogen-bond acceptors (Lipinski definition) is 3. The fourth-order valence-electron chi connectivity index (χ4n) is 3.12. The summed E-state index contributed by atoms with van der Waals surface area (Å²) >= 11 is 0. The quantitative estimate of drug-likeness (QED) is 0.882. The summed E-state index contributed by atoms with van der Waals surface area (Å²) in [7, 11) is 0. The smallest absolute Gasteiger partial charge is 0.242 e. The van der Waals surface area contributed by atoms with E-state index in [1.54, 1.807) is 0 Å². The molecule has 3 rings (SSSR count). The molecular formula is C17H24N4O. The monoisotopic (exact) mass is 300 g/mol. The number of imidazole rings is 1. The first-order valence-electron chi connectivity index (χ1n) is 8.07. The van der Waals surface area contributed by atoms with Gasteiger partial charge < -0.3 is 15.2 Å². The van der Waals surface area contributed by atoms with Gasteiger partial charge in [-0.3, -0.25) is 4.79 Å². The summed E-state index contributed by atoms with van der Waals surface area (Å²) in [6.07, 6.45) is 3.08. The number of amides is 1. The summed E-state index contributed by atoms with van der Waals surface area (Å²) in [5.74, 6) is 1.62. The van der Waals surface area contributed by atoms with Crippen molar-refractivity contribution in [2.45, 2.75) is 39.7 Å². The second-order valence-corrected chi connectivity index (χ2v) is 6.52. The molecule has 2 N–H and O–H groups in total. The molecule has 22 heavy (non-hydrogen) atoms. The Morgan fingerprint density at radius 1 is 1.32 bits per heavy atom. The van der Waals surface area contributed by atoms with Gasteiger partial charge in [-0.1, -0.05) is 19.9 Å². The van der Waals surface area contributed by atoms with Crippen LogP contribution in [0.2, 0.25) is 0 Å². The van der Waals surface area contributed by atoms with E-state index in [0.29, 0.717) is 18.2 Å². The van der Waals surface area contributed by atoms with Gasteiger partial charge in [0.2, 0.25) is 5.91 Å². The number of carbonyl (C=O) groups is 1. The first kappa shape index (κ1) is 14.9. The minimum atomic E-state index is 0.184. The number of nitrogens with zero attached hydrogens (tertiary/aromatic N) is 3. The maximum Gasteiger partial charge on any atom is 0.242 e. The summed E-state index contributed by atoms with van der Waals surface area (Å²) in [5.41, 5.74) is 8.50. The van der Waals surface area contributed by atoms with Gasteiger partial charge in [0.15, 0.2) is 0 Å². The average molecular weight is 300 g/mol. The minimum absolute atomic E-state index is 0.184. The maximum atomic E-state index is 12.5. The molecule has 118 valence electrons. The zero-order valence-corrected chi connectivity index (χ0v) is 13.4. The summed E-state index contributed by atoms with van der Waals surface area (Å²) in [4.78, 5) is 19.2. The van der Waals surface area contributed by atoms with Crippen LogP contribution in [0, 0.1) is 5.92 Å². The predicted molar refractivity (Wildman–Crippen MR) is 88.5 cm³/mol. The lowest BCUT2D eigenvalue weighted by Crippen LogP contribution is -2.31. The fourth-order valence-corrected chi connectivity index (χ4v) is 3.12. The number of fused-ring (bicyclic) bond motifs is 1. The molecular weight excluding hydrogens is 276 g/mol. The predicted octanol–water partition coefficient (Wildman–Crippen LogP) is 2.44. The number of rotatable bonds is 4. The third-order valence-corrected chi connectivity index (χ3v) is 4.23. The van der Waals surface area contributed by atoms with E-state index in [0.717, 1.165) is 49.2 Å². The molecule has 0 aliphatic carbocycles. The van der Waals surface area contributed by atoms with Gasteiger partial charge in [0.1, 0.15) is 17.9 Å². The van der Waals surface area contributed by atoms with Crippen molar-refractivity contribution >= 4 is 22.6 Å². The summed E-state index contributed by atoms with van der Waals surface area (Å²) in [6, 6.07) is 5.79. The molecule has 2 aromatic rings. The SMILES string of the molecule is CC(C)Cc1nc2c(N)cccc2n1CC(=O)N1CCCC1. The fraction of sp³-hybridized carbons (Fsp3) is 0.529. The van der Waals surface area contributed by atoms with E-state index in [4.69, 9.17) is 10.7 Å². The molecule has 1 amide bonds. The van der Waals surface area contributed by atoms with Gasteiger partial charge in [-0.2, -0.15) is 0 Å². The summed E-state index contributed by atoms with van der Waals surface area (Å²) in [5, 5.41) is 0. The highest BCUT2D eigenvalue weighted by Crippen LogP contribution is 2.24. The van der Waals surface area contributed by atoms with Crippen LogP contribution >= 0.6 is 0 Å². The molecule has 1 fully saturated rings. The minimum Gasteiger partial charge on any atom is -0.397 e. The molecule has 0 bridgehead atoms. The van der Waals surface area contributed by atoms with Gasteiger partial charge >= 0.3 is 0 Å². The van der Waals surface area contributed by atoms with E-state index < -0.39 is 0 Å². The van der Waals surface area contributed by atoms with Gasteiger partial charge in [0, 0.05) is 19.5 Å². The summed E-state index contributed by atoms with van der Waals surface area (Å²) < 4.78 is 2.05. The molecule has 0 saturated carbocycles. The molecule has 1 saturated heterocycles. The zero-order chi connectivity index (χ0) is 15.7. The lowest BCUT2D eigenvalue weighted by atomic mass is 10.1. The molecule has 1 aromatic heterocycles. The van der Waals surface area contributed by atoms with Gasteiger partial charge in [0.05, 0.1) is 11.2 Å². The molecule has 1 aliphatic rings. The molecule has 1 aliphatic heterocycles. The Labute approximate surface area is 131 Å². The Morgan fingerprint density at radius 2 is 2.05 bits per heavy atom. The van der Waals surface area contributed by atoms with E-state index in [1.807, 2.05) is 27.7 Å². The molecule has 5 heteroatoms. The molecule has 2 heterocycles. The first-order valence-corrected chi connectivity index (χ1v) is 8.07. The first-order chi connectivity index (χ1) is 10.6. The van der Waals surface area contributed by atoms with Crippen molar-refractivity contribution in [3.8, 4) is 0 Å². The van der Waals surface area contributed by atoms with Gasteiger partial charge in [-0.05, 0) is 30.9 Å². The second-order valence-electron chi connectivity index (χ2n) is 6.52. The van der Waals surface area contributed by atoms with Crippen molar-refractivity contribution in [2.75, 3.05) is 18.8 Å². The van der Waals surface area contributed by atoms with Crippen LogP contribution in [0.3, 0.4) is 0 Å². The van der Waals surface area contributed by atoms with Crippen molar-refractivity contribution in [3.63, 3.8) is 0 Å². The average Bonchev–Trinajstić information content (AvgIpc) is 3.09. The summed E-state index contributed by atoms with van der Waals surface area (Å²) in [6.45, 7) is 6.45. The largest absolute Gasteiger partial charge is 0.397 e. The Hall–Kier alpha value is -2.04. The normalized spacial score (nSPS) is 15.1. The van der Waals surface area contributed by atoms with Crippen molar-refractivity contribution in [1.82, 2.24) is 14.5 Å². The van der Waals surface area contributed by atoms with Crippen LogP contribution < -0.4 is 5.73 Å². The molecule has 5 nitrogen and oxygen atoms in total. The molecule has 0 atom stereocenters. The number of aromatic nitrogens is 2. The number of para-hydroxylation sites is 1. The van der Waals surface area contributed by atoms with E-state index in [-0.39, 0.29) is 5.91 Å². The number of hydrogen-bond donors (Lipinski definition) is 1. The van der Waals surface area contributed by atoms with E-state index in [2.05, 4.69) is 13.8 Å². The number of likely N-dealkylation sites (tertiary alicyclic amines) is 1.